The number of aromatic nitrogens is 5. The highest BCUT2D eigenvalue weighted by Crippen LogP contribution is 2.18. The predicted octanol–water partition coefficient (Wildman–Crippen LogP) is 3.47. The van der Waals surface area contributed by atoms with Crippen molar-refractivity contribution in [1.29, 1.82) is 0 Å². The number of hydrogen-bond donors (Lipinski definition) is 0. The molecule has 0 radical (unpaired) electrons. The van der Waals surface area contributed by atoms with Crippen LogP contribution in [0.5, 0.6) is 0 Å². The van der Waals surface area contributed by atoms with Crippen molar-refractivity contribution in [2.45, 2.75) is 26.3 Å². The molecule has 2 aromatic carbocycles. The molecule has 2 heterocycles. The van der Waals surface area contributed by atoms with E-state index in [9.17, 15) is 9.59 Å². The second-order valence-electron chi connectivity index (χ2n) is 7.41. The molecule has 31 heavy (non-hydrogen) atoms. The standard InChI is InChI=1S/C24H21N5O2/c1-17-7-8-25-22(9-17)24(31)14-23(30)21-12-19(10-18-5-3-2-4-6-18)11-20(13-21)15-29-27-16-26-28-29/h2-9,11-13,16H,10,14-15H2,1H3. The van der Waals surface area contributed by atoms with E-state index in [1.165, 1.54) is 11.1 Å². The molecule has 0 spiro atoms. The number of carbonyl (C=O) groups is 2. The summed E-state index contributed by atoms with van der Waals surface area (Å²) in [6, 6.07) is 19.2. The first-order chi connectivity index (χ1) is 15.1. The smallest absolute Gasteiger partial charge is 0.188 e. The van der Waals surface area contributed by atoms with E-state index >= 15 is 0 Å². The van der Waals surface area contributed by atoms with Crippen molar-refractivity contribution >= 4 is 11.6 Å². The first kappa shape index (κ1) is 20.3. The number of hydrogen-bond acceptors (Lipinski definition) is 6. The lowest BCUT2D eigenvalue weighted by Crippen LogP contribution is -2.12. The number of rotatable bonds is 8. The summed E-state index contributed by atoms with van der Waals surface area (Å²) in [4.78, 5) is 31.1. The SMILES string of the molecule is Cc1ccnc(C(=O)CC(=O)c2cc(Cc3ccccc3)cc(Cn3ncnn3)c2)c1. The second-order valence-corrected chi connectivity index (χ2v) is 7.41. The zero-order valence-electron chi connectivity index (χ0n) is 17.1. The molecule has 0 bridgehead atoms. The van der Waals surface area contributed by atoms with Crippen molar-refractivity contribution in [2.24, 2.45) is 0 Å². The Morgan fingerprint density at radius 1 is 0.903 bits per heavy atom. The summed E-state index contributed by atoms with van der Waals surface area (Å²) in [5, 5.41) is 11.7. The van der Waals surface area contributed by atoms with E-state index < -0.39 is 0 Å². The normalized spacial score (nSPS) is 10.7. The molecule has 7 nitrogen and oxygen atoms in total. The molecule has 0 saturated carbocycles. The van der Waals surface area contributed by atoms with Crippen molar-refractivity contribution < 1.29 is 9.59 Å². The van der Waals surface area contributed by atoms with Crippen LogP contribution in [0.2, 0.25) is 0 Å². The Hall–Kier alpha value is -4.00. The van der Waals surface area contributed by atoms with E-state index in [1.54, 1.807) is 18.3 Å². The van der Waals surface area contributed by atoms with Crippen LogP contribution in [-0.2, 0) is 13.0 Å². The molecule has 154 valence electrons. The Morgan fingerprint density at radius 2 is 1.71 bits per heavy atom. The molecular formula is C24H21N5O2. The molecule has 0 unspecified atom stereocenters. The zero-order chi connectivity index (χ0) is 21.6. The van der Waals surface area contributed by atoms with E-state index in [0.29, 0.717) is 24.2 Å². The van der Waals surface area contributed by atoms with Crippen LogP contribution >= 0.6 is 0 Å². The molecule has 2 aromatic heterocycles. The maximum absolute atomic E-state index is 13.0. The molecule has 4 rings (SSSR count). The van der Waals surface area contributed by atoms with Gasteiger partial charge in [-0.2, -0.15) is 4.80 Å². The number of Topliss-reactive ketones (excluding diaryl/α,β-unsaturated/α-hetero) is 2. The molecule has 0 aliphatic carbocycles. The van der Waals surface area contributed by atoms with Crippen LogP contribution < -0.4 is 0 Å². The van der Waals surface area contributed by atoms with Gasteiger partial charge < -0.3 is 0 Å². The summed E-state index contributed by atoms with van der Waals surface area (Å²) in [6.45, 7) is 2.27. The summed E-state index contributed by atoms with van der Waals surface area (Å²) in [5.41, 5.74) is 4.71. The van der Waals surface area contributed by atoms with Crippen LogP contribution in [0.1, 0.15) is 49.5 Å². The Morgan fingerprint density at radius 3 is 2.45 bits per heavy atom. The van der Waals surface area contributed by atoms with E-state index in [1.807, 2.05) is 55.5 Å². The van der Waals surface area contributed by atoms with Gasteiger partial charge in [-0.3, -0.25) is 14.6 Å². The van der Waals surface area contributed by atoms with Crippen LogP contribution in [0.4, 0.5) is 0 Å². The topological polar surface area (TPSA) is 90.6 Å². The fourth-order valence-corrected chi connectivity index (χ4v) is 3.40. The molecule has 4 aromatic rings. The quantitative estimate of drug-likeness (QED) is 0.326. The number of carbonyl (C=O) groups excluding carboxylic acids is 2. The molecule has 0 N–H and O–H groups in total. The first-order valence-corrected chi connectivity index (χ1v) is 9.93. The highest BCUT2D eigenvalue weighted by molar-refractivity contribution is 6.13. The maximum atomic E-state index is 13.0. The van der Waals surface area contributed by atoms with Crippen LogP contribution in [0.25, 0.3) is 0 Å². The highest BCUT2D eigenvalue weighted by Gasteiger charge is 2.17. The van der Waals surface area contributed by atoms with E-state index in [4.69, 9.17) is 0 Å². The third-order valence-corrected chi connectivity index (χ3v) is 4.86. The van der Waals surface area contributed by atoms with Gasteiger partial charge in [-0.05, 0) is 65.1 Å². The Labute approximate surface area is 179 Å². The van der Waals surface area contributed by atoms with Crippen molar-refractivity contribution in [3.05, 3.63) is 107 Å². The highest BCUT2D eigenvalue weighted by atomic mass is 16.1. The Kier molecular flexibility index (Phi) is 6.03. The Bertz CT molecular complexity index is 1200. The van der Waals surface area contributed by atoms with Gasteiger partial charge in [-0.25, -0.2) is 0 Å². The fraction of sp³-hybridized carbons (Fsp3) is 0.167. The lowest BCUT2D eigenvalue weighted by molar-refractivity contribution is 0.0891. The maximum Gasteiger partial charge on any atom is 0.188 e. The minimum absolute atomic E-state index is 0.230. The van der Waals surface area contributed by atoms with Crippen LogP contribution in [-0.4, -0.2) is 36.8 Å². The van der Waals surface area contributed by atoms with Gasteiger partial charge in [-0.15, -0.1) is 10.2 Å². The van der Waals surface area contributed by atoms with Gasteiger partial charge in [-0.1, -0.05) is 36.4 Å². The van der Waals surface area contributed by atoms with E-state index in [0.717, 1.165) is 22.3 Å². The molecule has 7 heteroatoms. The lowest BCUT2D eigenvalue weighted by Gasteiger charge is -2.10. The first-order valence-electron chi connectivity index (χ1n) is 9.93. The van der Waals surface area contributed by atoms with Crippen molar-refractivity contribution in [2.75, 3.05) is 0 Å². The van der Waals surface area contributed by atoms with Gasteiger partial charge in [0.1, 0.15) is 5.69 Å². The molecule has 0 aliphatic heterocycles. The number of pyridine rings is 1. The fourth-order valence-electron chi connectivity index (χ4n) is 3.40. The largest absolute Gasteiger partial charge is 0.294 e. The summed E-state index contributed by atoms with van der Waals surface area (Å²) in [5.74, 6) is -0.530. The summed E-state index contributed by atoms with van der Waals surface area (Å²) in [6.07, 6.45) is 3.39. The van der Waals surface area contributed by atoms with Gasteiger partial charge in [0, 0.05) is 11.8 Å². The van der Waals surface area contributed by atoms with Crippen LogP contribution in [0.3, 0.4) is 0 Å². The van der Waals surface area contributed by atoms with Gasteiger partial charge in [0.15, 0.2) is 17.9 Å². The predicted molar refractivity (Wildman–Crippen MR) is 115 cm³/mol. The summed E-state index contributed by atoms with van der Waals surface area (Å²) in [7, 11) is 0. The van der Waals surface area contributed by atoms with E-state index in [2.05, 4.69) is 20.4 Å². The monoisotopic (exact) mass is 411 g/mol. The molecule has 0 aliphatic rings. The lowest BCUT2D eigenvalue weighted by atomic mass is 9.96. The third-order valence-electron chi connectivity index (χ3n) is 4.86. The number of aryl methyl sites for hydroxylation is 1. The molecular weight excluding hydrogens is 390 g/mol. The molecule has 0 atom stereocenters. The van der Waals surface area contributed by atoms with Crippen molar-refractivity contribution in [3.8, 4) is 0 Å². The number of ketones is 2. The molecule has 0 saturated heterocycles. The van der Waals surface area contributed by atoms with Crippen LogP contribution in [0, 0.1) is 6.92 Å². The second kappa shape index (κ2) is 9.21. The summed E-state index contributed by atoms with van der Waals surface area (Å²) < 4.78 is 0. The van der Waals surface area contributed by atoms with Gasteiger partial charge >= 0.3 is 0 Å². The minimum atomic E-state index is -0.290. The average molecular weight is 411 g/mol. The molecule has 0 amide bonds. The van der Waals surface area contributed by atoms with E-state index in [-0.39, 0.29) is 18.0 Å². The van der Waals surface area contributed by atoms with Crippen molar-refractivity contribution in [1.82, 2.24) is 25.2 Å². The number of benzene rings is 2. The molecule has 0 fully saturated rings. The summed E-state index contributed by atoms with van der Waals surface area (Å²) >= 11 is 0. The van der Waals surface area contributed by atoms with Gasteiger partial charge in [0.25, 0.3) is 0 Å². The zero-order valence-corrected chi connectivity index (χ0v) is 17.1. The third kappa shape index (κ3) is 5.33. The number of tetrazole rings is 1. The minimum Gasteiger partial charge on any atom is -0.294 e. The number of nitrogens with zero attached hydrogens (tertiary/aromatic N) is 5. The van der Waals surface area contributed by atoms with Crippen LogP contribution in [0.15, 0.2) is 73.2 Å². The van der Waals surface area contributed by atoms with Gasteiger partial charge in [0.05, 0.1) is 13.0 Å². The average Bonchev–Trinajstić information content (AvgIpc) is 3.27. The Balaban J connectivity index is 1.60. The van der Waals surface area contributed by atoms with Crippen molar-refractivity contribution in [3.63, 3.8) is 0 Å². The van der Waals surface area contributed by atoms with Gasteiger partial charge in [0.2, 0.25) is 0 Å².